The fourth-order valence-corrected chi connectivity index (χ4v) is 4.66. The van der Waals surface area contributed by atoms with Crippen LogP contribution in [-0.4, -0.2) is 42.2 Å². The number of thioether (sulfide) groups is 1. The van der Waals surface area contributed by atoms with Crippen LogP contribution in [0.25, 0.3) is 0 Å². The SMILES string of the molecule is CCCCNC(=O)[C@H](CC)N(Cc1ccc(Cl)cc1Cl)C(=O)CSCc1ccc(OC)cc1. The second-order valence-electron chi connectivity index (χ2n) is 7.67. The molecule has 0 fully saturated rings. The van der Waals surface area contributed by atoms with E-state index in [1.165, 1.54) is 11.8 Å². The van der Waals surface area contributed by atoms with E-state index in [1.54, 1.807) is 30.2 Å². The molecule has 0 aliphatic carbocycles. The number of hydrogen-bond acceptors (Lipinski definition) is 4. The van der Waals surface area contributed by atoms with Gasteiger partial charge in [-0.15, -0.1) is 11.8 Å². The number of carbonyl (C=O) groups is 2. The van der Waals surface area contributed by atoms with Crippen LogP contribution in [0, 0.1) is 0 Å². The largest absolute Gasteiger partial charge is 0.497 e. The van der Waals surface area contributed by atoms with Crippen molar-refractivity contribution < 1.29 is 14.3 Å². The van der Waals surface area contributed by atoms with E-state index < -0.39 is 6.04 Å². The van der Waals surface area contributed by atoms with Gasteiger partial charge in [0.05, 0.1) is 12.9 Å². The number of hydrogen-bond donors (Lipinski definition) is 1. The number of nitrogens with zero attached hydrogens (tertiary/aromatic N) is 1. The molecule has 0 heterocycles. The van der Waals surface area contributed by atoms with Crippen LogP contribution in [0.4, 0.5) is 0 Å². The van der Waals surface area contributed by atoms with Crippen molar-refractivity contribution in [3.63, 3.8) is 0 Å². The molecule has 0 bridgehead atoms. The Labute approximate surface area is 211 Å². The van der Waals surface area contributed by atoms with Gasteiger partial charge in [-0.1, -0.05) is 61.7 Å². The number of rotatable bonds is 13. The molecule has 33 heavy (non-hydrogen) atoms. The van der Waals surface area contributed by atoms with Crippen LogP contribution in [0.15, 0.2) is 42.5 Å². The summed E-state index contributed by atoms with van der Waals surface area (Å²) in [7, 11) is 1.63. The first-order valence-corrected chi connectivity index (χ1v) is 13.0. The van der Waals surface area contributed by atoms with E-state index in [1.807, 2.05) is 31.2 Å². The predicted octanol–water partition coefficient (Wildman–Crippen LogP) is 5.96. The van der Waals surface area contributed by atoms with Crippen LogP contribution < -0.4 is 10.1 Å². The lowest BCUT2D eigenvalue weighted by Gasteiger charge is -2.31. The van der Waals surface area contributed by atoms with Gasteiger partial charge in [-0.2, -0.15) is 0 Å². The fourth-order valence-electron chi connectivity index (χ4n) is 3.32. The maximum atomic E-state index is 13.3. The zero-order valence-electron chi connectivity index (χ0n) is 19.4. The van der Waals surface area contributed by atoms with Crippen molar-refractivity contribution >= 4 is 46.8 Å². The lowest BCUT2D eigenvalue weighted by molar-refractivity contribution is -0.139. The topological polar surface area (TPSA) is 58.6 Å². The Hall–Kier alpha value is -1.89. The molecule has 0 saturated heterocycles. The van der Waals surface area contributed by atoms with Crippen molar-refractivity contribution in [1.29, 1.82) is 0 Å². The molecule has 180 valence electrons. The van der Waals surface area contributed by atoms with Gasteiger partial charge in [-0.05, 0) is 48.2 Å². The molecule has 1 N–H and O–H groups in total. The standard InChI is InChI=1S/C25H32Cl2N2O3S/c1-4-6-13-28-25(31)23(5-2)29(15-19-9-10-20(26)14-22(19)27)24(30)17-33-16-18-7-11-21(32-3)12-8-18/h7-12,14,23H,4-6,13,15-17H2,1-3H3,(H,28,31)/t23-/m0/s1. The number of methoxy groups -OCH3 is 1. The minimum Gasteiger partial charge on any atom is -0.497 e. The summed E-state index contributed by atoms with van der Waals surface area (Å²) in [5.74, 6) is 1.51. The molecule has 0 aliphatic rings. The van der Waals surface area contributed by atoms with E-state index in [2.05, 4.69) is 12.2 Å². The van der Waals surface area contributed by atoms with Crippen LogP contribution in [0.3, 0.4) is 0 Å². The molecule has 1 atom stereocenters. The highest BCUT2D eigenvalue weighted by molar-refractivity contribution is 7.99. The van der Waals surface area contributed by atoms with Gasteiger partial charge in [0.1, 0.15) is 11.8 Å². The second-order valence-corrected chi connectivity index (χ2v) is 9.50. The molecule has 8 heteroatoms. The molecule has 2 aromatic carbocycles. The molecule has 5 nitrogen and oxygen atoms in total. The normalized spacial score (nSPS) is 11.7. The van der Waals surface area contributed by atoms with Crippen molar-refractivity contribution in [2.75, 3.05) is 19.4 Å². The molecule has 0 spiro atoms. The van der Waals surface area contributed by atoms with E-state index in [9.17, 15) is 9.59 Å². The number of ether oxygens (including phenoxy) is 1. The van der Waals surface area contributed by atoms with Crippen molar-refractivity contribution in [1.82, 2.24) is 10.2 Å². The van der Waals surface area contributed by atoms with Gasteiger partial charge in [0.2, 0.25) is 11.8 Å². The van der Waals surface area contributed by atoms with Crippen molar-refractivity contribution in [3.05, 3.63) is 63.6 Å². The number of carbonyl (C=O) groups excluding carboxylic acids is 2. The smallest absolute Gasteiger partial charge is 0.242 e. The summed E-state index contributed by atoms with van der Waals surface area (Å²) in [4.78, 5) is 27.8. The third-order valence-corrected chi connectivity index (χ3v) is 6.80. The van der Waals surface area contributed by atoms with Crippen LogP contribution in [0.1, 0.15) is 44.2 Å². The average Bonchev–Trinajstić information content (AvgIpc) is 2.80. The highest BCUT2D eigenvalue weighted by Gasteiger charge is 2.28. The minimum atomic E-state index is -0.567. The predicted molar refractivity (Wildman–Crippen MR) is 138 cm³/mol. The zero-order chi connectivity index (χ0) is 24.2. The van der Waals surface area contributed by atoms with Gasteiger partial charge in [0.15, 0.2) is 0 Å². The van der Waals surface area contributed by atoms with E-state index in [-0.39, 0.29) is 24.1 Å². The van der Waals surface area contributed by atoms with Gasteiger partial charge >= 0.3 is 0 Å². The van der Waals surface area contributed by atoms with Crippen LogP contribution in [0.5, 0.6) is 5.75 Å². The quantitative estimate of drug-likeness (QED) is 0.337. The van der Waals surface area contributed by atoms with Gasteiger partial charge in [-0.3, -0.25) is 9.59 Å². The van der Waals surface area contributed by atoms with Gasteiger partial charge in [0.25, 0.3) is 0 Å². The highest BCUT2D eigenvalue weighted by Crippen LogP contribution is 2.25. The number of nitrogens with one attached hydrogen (secondary N) is 1. The van der Waals surface area contributed by atoms with E-state index in [0.29, 0.717) is 28.8 Å². The second kappa shape index (κ2) is 14.4. The van der Waals surface area contributed by atoms with Crippen molar-refractivity contribution in [2.24, 2.45) is 0 Å². The number of amides is 2. The molecule has 0 saturated carbocycles. The first-order valence-electron chi connectivity index (χ1n) is 11.1. The van der Waals surface area contributed by atoms with Crippen LogP contribution in [0.2, 0.25) is 10.0 Å². The van der Waals surface area contributed by atoms with Crippen molar-refractivity contribution in [3.8, 4) is 5.75 Å². The summed E-state index contributed by atoms with van der Waals surface area (Å²) < 4.78 is 5.19. The molecule has 0 aromatic heterocycles. The monoisotopic (exact) mass is 510 g/mol. The Kier molecular flexibility index (Phi) is 11.9. The molecule has 0 aliphatic heterocycles. The molecular formula is C25H32Cl2N2O3S. The summed E-state index contributed by atoms with van der Waals surface area (Å²) in [5, 5.41) is 3.97. The average molecular weight is 512 g/mol. The lowest BCUT2D eigenvalue weighted by atomic mass is 10.1. The summed E-state index contributed by atoms with van der Waals surface area (Å²) in [6, 6.07) is 12.4. The highest BCUT2D eigenvalue weighted by atomic mass is 35.5. The van der Waals surface area contributed by atoms with E-state index in [0.717, 1.165) is 29.7 Å². The Morgan fingerprint density at radius 3 is 2.45 bits per heavy atom. The molecule has 2 rings (SSSR count). The maximum Gasteiger partial charge on any atom is 0.242 e. The number of unbranched alkanes of at least 4 members (excludes halogenated alkanes) is 1. The van der Waals surface area contributed by atoms with Crippen molar-refractivity contribution in [2.45, 2.75) is 51.4 Å². The number of benzene rings is 2. The van der Waals surface area contributed by atoms with Gasteiger partial charge in [0, 0.05) is 28.9 Å². The molecule has 0 unspecified atom stereocenters. The summed E-state index contributed by atoms with van der Waals surface area (Å²) in [6.45, 7) is 4.83. The molecule has 2 aromatic rings. The van der Waals surface area contributed by atoms with Gasteiger partial charge in [-0.25, -0.2) is 0 Å². The fraction of sp³-hybridized carbons (Fsp3) is 0.440. The minimum absolute atomic E-state index is 0.1000. The number of halogens is 2. The Bertz CT molecular complexity index is 909. The Balaban J connectivity index is 2.12. The third kappa shape index (κ3) is 8.76. The van der Waals surface area contributed by atoms with E-state index >= 15 is 0 Å². The Morgan fingerprint density at radius 2 is 1.85 bits per heavy atom. The summed E-state index contributed by atoms with van der Waals surface area (Å²) >= 11 is 13.9. The molecule has 0 radical (unpaired) electrons. The third-order valence-electron chi connectivity index (χ3n) is 5.22. The van der Waals surface area contributed by atoms with Gasteiger partial charge < -0.3 is 15.0 Å². The van der Waals surface area contributed by atoms with Crippen LogP contribution >= 0.6 is 35.0 Å². The summed E-state index contributed by atoms with van der Waals surface area (Å²) in [5.41, 5.74) is 1.86. The first kappa shape index (κ1) is 27.4. The Morgan fingerprint density at radius 1 is 1.12 bits per heavy atom. The first-order chi connectivity index (χ1) is 15.9. The van der Waals surface area contributed by atoms with Crippen LogP contribution in [-0.2, 0) is 21.9 Å². The molecular weight excluding hydrogens is 479 g/mol. The maximum absolute atomic E-state index is 13.3. The van der Waals surface area contributed by atoms with E-state index in [4.69, 9.17) is 27.9 Å². The zero-order valence-corrected chi connectivity index (χ0v) is 21.7. The molecule has 2 amide bonds. The lowest BCUT2D eigenvalue weighted by Crippen LogP contribution is -2.49. The summed E-state index contributed by atoms with van der Waals surface area (Å²) in [6.07, 6.45) is 2.40.